The van der Waals surface area contributed by atoms with Gasteiger partial charge in [0.25, 0.3) is 0 Å². The standard InChI is InChI=1S/C18H17N/c1-2-10-17-14(5-1)11-12-18(19-17)16-9-4-7-13-6-3-8-15(13)16/h1-2,4-5,7,9-12,18-19H,3,6,8H2. The Hall–Kier alpha value is -2.02. The number of para-hydroxylation sites is 1. The Morgan fingerprint density at radius 3 is 2.89 bits per heavy atom. The second-order valence-corrected chi connectivity index (χ2v) is 5.41. The number of rotatable bonds is 1. The summed E-state index contributed by atoms with van der Waals surface area (Å²) in [5.74, 6) is 0. The topological polar surface area (TPSA) is 12.0 Å². The summed E-state index contributed by atoms with van der Waals surface area (Å²) in [5.41, 5.74) is 7.10. The van der Waals surface area contributed by atoms with Crippen LogP contribution in [0.4, 0.5) is 5.69 Å². The number of hydrogen-bond donors (Lipinski definition) is 1. The zero-order valence-corrected chi connectivity index (χ0v) is 10.9. The molecule has 4 rings (SSSR count). The predicted molar refractivity (Wildman–Crippen MR) is 80.3 cm³/mol. The van der Waals surface area contributed by atoms with E-state index in [0.29, 0.717) is 6.04 Å². The highest BCUT2D eigenvalue weighted by atomic mass is 14.9. The average Bonchev–Trinajstić information content (AvgIpc) is 2.95. The van der Waals surface area contributed by atoms with Gasteiger partial charge in [-0.25, -0.2) is 0 Å². The molecule has 2 aromatic rings. The van der Waals surface area contributed by atoms with Gasteiger partial charge in [0.1, 0.15) is 0 Å². The third-order valence-corrected chi connectivity index (χ3v) is 4.26. The van der Waals surface area contributed by atoms with Crippen molar-refractivity contribution in [2.75, 3.05) is 5.32 Å². The summed E-state index contributed by atoms with van der Waals surface area (Å²) in [7, 11) is 0. The van der Waals surface area contributed by atoms with Gasteiger partial charge in [-0.3, -0.25) is 0 Å². The molecule has 1 aliphatic heterocycles. The zero-order chi connectivity index (χ0) is 12.7. The van der Waals surface area contributed by atoms with Gasteiger partial charge in [0, 0.05) is 5.69 Å². The van der Waals surface area contributed by atoms with Crippen LogP contribution in [0.2, 0.25) is 0 Å². The van der Waals surface area contributed by atoms with E-state index >= 15 is 0 Å². The first-order valence-electron chi connectivity index (χ1n) is 7.06. The summed E-state index contributed by atoms with van der Waals surface area (Å²) >= 11 is 0. The molecule has 0 radical (unpaired) electrons. The minimum Gasteiger partial charge on any atom is -0.374 e. The molecular formula is C18H17N. The van der Waals surface area contributed by atoms with Crippen molar-refractivity contribution in [3.05, 3.63) is 70.8 Å². The fourth-order valence-electron chi connectivity index (χ4n) is 3.31. The fourth-order valence-corrected chi connectivity index (χ4v) is 3.31. The minimum absolute atomic E-state index is 0.322. The quantitative estimate of drug-likeness (QED) is 0.789. The van der Waals surface area contributed by atoms with Crippen molar-refractivity contribution in [2.45, 2.75) is 25.3 Å². The molecule has 0 spiro atoms. The maximum absolute atomic E-state index is 3.66. The van der Waals surface area contributed by atoms with Gasteiger partial charge in [-0.05, 0) is 47.6 Å². The van der Waals surface area contributed by atoms with E-state index in [1.54, 1.807) is 11.1 Å². The summed E-state index contributed by atoms with van der Waals surface area (Å²) in [4.78, 5) is 0. The molecule has 94 valence electrons. The molecule has 1 heterocycles. The molecule has 1 N–H and O–H groups in total. The van der Waals surface area contributed by atoms with Crippen LogP contribution in [0.15, 0.2) is 48.5 Å². The van der Waals surface area contributed by atoms with E-state index in [9.17, 15) is 0 Å². The molecule has 0 amide bonds. The highest BCUT2D eigenvalue weighted by Gasteiger charge is 2.20. The van der Waals surface area contributed by atoms with Gasteiger partial charge in [-0.15, -0.1) is 0 Å². The van der Waals surface area contributed by atoms with E-state index < -0.39 is 0 Å². The molecule has 1 atom stereocenters. The van der Waals surface area contributed by atoms with Crippen molar-refractivity contribution in [1.82, 2.24) is 0 Å². The van der Waals surface area contributed by atoms with E-state index in [1.807, 2.05) is 0 Å². The van der Waals surface area contributed by atoms with Crippen LogP contribution >= 0.6 is 0 Å². The Bertz CT molecular complexity index is 654. The number of aryl methyl sites for hydroxylation is 1. The van der Waals surface area contributed by atoms with E-state index in [-0.39, 0.29) is 0 Å². The van der Waals surface area contributed by atoms with Crippen molar-refractivity contribution in [3.63, 3.8) is 0 Å². The molecule has 1 aliphatic carbocycles. The Kier molecular flexibility index (Phi) is 2.44. The number of fused-ring (bicyclic) bond motifs is 2. The highest BCUT2D eigenvalue weighted by molar-refractivity contribution is 5.71. The molecule has 0 saturated carbocycles. The van der Waals surface area contributed by atoms with Crippen molar-refractivity contribution < 1.29 is 0 Å². The lowest BCUT2D eigenvalue weighted by atomic mass is 9.94. The Balaban J connectivity index is 1.75. The smallest absolute Gasteiger partial charge is 0.0704 e. The van der Waals surface area contributed by atoms with Crippen LogP contribution in [0.3, 0.4) is 0 Å². The van der Waals surface area contributed by atoms with Crippen LogP contribution in [0.25, 0.3) is 6.08 Å². The molecule has 1 unspecified atom stereocenters. The predicted octanol–water partition coefficient (Wildman–Crippen LogP) is 4.36. The summed E-state index contributed by atoms with van der Waals surface area (Å²) < 4.78 is 0. The molecule has 1 nitrogen and oxygen atoms in total. The first-order valence-corrected chi connectivity index (χ1v) is 7.06. The maximum Gasteiger partial charge on any atom is 0.0704 e. The molecule has 19 heavy (non-hydrogen) atoms. The van der Waals surface area contributed by atoms with Crippen molar-refractivity contribution in [1.29, 1.82) is 0 Å². The maximum atomic E-state index is 3.66. The summed E-state index contributed by atoms with van der Waals surface area (Å²) in [5, 5.41) is 3.66. The summed E-state index contributed by atoms with van der Waals surface area (Å²) in [6, 6.07) is 15.6. The summed E-state index contributed by atoms with van der Waals surface area (Å²) in [6.07, 6.45) is 8.32. The van der Waals surface area contributed by atoms with Gasteiger partial charge in [0.15, 0.2) is 0 Å². The molecule has 0 aromatic heterocycles. The van der Waals surface area contributed by atoms with Crippen molar-refractivity contribution in [2.24, 2.45) is 0 Å². The average molecular weight is 247 g/mol. The van der Waals surface area contributed by atoms with Gasteiger partial charge in [0.2, 0.25) is 0 Å². The molecule has 0 saturated heterocycles. The van der Waals surface area contributed by atoms with E-state index in [4.69, 9.17) is 0 Å². The van der Waals surface area contributed by atoms with Crippen LogP contribution in [0.5, 0.6) is 0 Å². The number of nitrogens with one attached hydrogen (secondary N) is 1. The normalized spacial score (nSPS) is 19.7. The second kappa shape index (κ2) is 4.27. The molecule has 0 bridgehead atoms. The first kappa shape index (κ1) is 10.9. The Morgan fingerprint density at radius 2 is 1.89 bits per heavy atom. The third-order valence-electron chi connectivity index (χ3n) is 4.26. The van der Waals surface area contributed by atoms with Crippen LogP contribution in [0, 0.1) is 0 Å². The highest BCUT2D eigenvalue weighted by Crippen LogP contribution is 2.35. The Labute approximate surface area is 114 Å². The number of benzene rings is 2. The number of anilines is 1. The van der Waals surface area contributed by atoms with Gasteiger partial charge in [-0.1, -0.05) is 48.6 Å². The van der Waals surface area contributed by atoms with Gasteiger partial charge in [-0.2, -0.15) is 0 Å². The molecule has 2 aliphatic rings. The van der Waals surface area contributed by atoms with Gasteiger partial charge >= 0.3 is 0 Å². The van der Waals surface area contributed by atoms with E-state index in [1.165, 1.54) is 36.1 Å². The molecule has 2 aromatic carbocycles. The van der Waals surface area contributed by atoms with Crippen LogP contribution in [-0.2, 0) is 12.8 Å². The summed E-state index contributed by atoms with van der Waals surface area (Å²) in [6.45, 7) is 0. The first-order chi connectivity index (χ1) is 9.42. The Morgan fingerprint density at radius 1 is 0.947 bits per heavy atom. The lowest BCUT2D eigenvalue weighted by Crippen LogP contribution is -2.13. The minimum atomic E-state index is 0.322. The fraction of sp³-hybridized carbons (Fsp3) is 0.222. The number of hydrogen-bond acceptors (Lipinski definition) is 1. The van der Waals surface area contributed by atoms with Crippen LogP contribution < -0.4 is 5.32 Å². The monoisotopic (exact) mass is 247 g/mol. The van der Waals surface area contributed by atoms with Crippen molar-refractivity contribution >= 4 is 11.8 Å². The van der Waals surface area contributed by atoms with Crippen LogP contribution in [-0.4, -0.2) is 0 Å². The lowest BCUT2D eigenvalue weighted by Gasteiger charge is -2.24. The van der Waals surface area contributed by atoms with Crippen LogP contribution in [0.1, 0.15) is 34.7 Å². The third kappa shape index (κ3) is 1.77. The zero-order valence-electron chi connectivity index (χ0n) is 10.9. The molecule has 0 fully saturated rings. The van der Waals surface area contributed by atoms with Gasteiger partial charge in [0.05, 0.1) is 6.04 Å². The van der Waals surface area contributed by atoms with E-state index in [2.05, 4.69) is 59.9 Å². The molecule has 1 heteroatoms. The molecular weight excluding hydrogens is 230 g/mol. The second-order valence-electron chi connectivity index (χ2n) is 5.41. The largest absolute Gasteiger partial charge is 0.374 e. The SMILES string of the molecule is C1=CC(c2cccc3c2CCC3)Nc2ccccc21. The van der Waals surface area contributed by atoms with Gasteiger partial charge < -0.3 is 5.32 Å². The van der Waals surface area contributed by atoms with E-state index in [0.717, 1.165) is 0 Å². The lowest BCUT2D eigenvalue weighted by molar-refractivity contribution is 0.893. The van der Waals surface area contributed by atoms with Crippen molar-refractivity contribution in [3.8, 4) is 0 Å².